The molecule has 74 valence electrons. The molecule has 2 heteroatoms. The van der Waals surface area contributed by atoms with E-state index < -0.39 is 5.60 Å². The van der Waals surface area contributed by atoms with Gasteiger partial charge in [-0.3, -0.25) is 0 Å². The molecule has 1 saturated heterocycles. The lowest BCUT2D eigenvalue weighted by molar-refractivity contribution is -0.00559. The molecule has 1 aromatic rings. The maximum Gasteiger partial charge on any atom is 0.118 e. The first-order valence-electron chi connectivity index (χ1n) is 5.24. The molecular formula is C12H14O2. The highest BCUT2D eigenvalue weighted by atomic mass is 16.6. The lowest BCUT2D eigenvalue weighted by Crippen LogP contribution is -2.36. The van der Waals surface area contributed by atoms with Crippen molar-refractivity contribution in [2.24, 2.45) is 0 Å². The summed E-state index contributed by atoms with van der Waals surface area (Å²) in [5.41, 5.74) is 0.289. The summed E-state index contributed by atoms with van der Waals surface area (Å²) < 4.78 is 5.50. The van der Waals surface area contributed by atoms with Crippen molar-refractivity contribution < 1.29 is 9.84 Å². The first-order chi connectivity index (χ1) is 6.81. The van der Waals surface area contributed by atoms with Gasteiger partial charge in [0, 0.05) is 0 Å². The quantitative estimate of drug-likeness (QED) is 0.685. The second kappa shape index (κ2) is 2.81. The van der Waals surface area contributed by atoms with Crippen LogP contribution in [-0.2, 0) is 10.3 Å². The molecule has 1 aliphatic heterocycles. The number of ether oxygens (including phenoxy) is 1. The van der Waals surface area contributed by atoms with Crippen molar-refractivity contribution in [3.8, 4) is 0 Å². The van der Waals surface area contributed by atoms with Crippen molar-refractivity contribution in [3.05, 3.63) is 35.9 Å². The molecule has 1 aromatic carbocycles. The van der Waals surface area contributed by atoms with Crippen molar-refractivity contribution in [1.29, 1.82) is 0 Å². The Balaban J connectivity index is 1.96. The van der Waals surface area contributed by atoms with Crippen LogP contribution in [0, 0.1) is 0 Å². The largest absolute Gasteiger partial charge is 0.382 e. The standard InChI is InChI=1S/C12H14O2/c13-12(9-5-2-1-3-6-9)8-4-7-10-11(12)14-10/h1-3,5-6,10-11,13H,4,7-8H2. The summed E-state index contributed by atoms with van der Waals surface area (Å²) in [5, 5.41) is 10.5. The molecule has 2 nitrogen and oxygen atoms in total. The number of hydrogen-bond acceptors (Lipinski definition) is 2. The zero-order valence-corrected chi connectivity index (χ0v) is 8.02. The van der Waals surface area contributed by atoms with Gasteiger partial charge in [0.15, 0.2) is 0 Å². The highest BCUT2D eigenvalue weighted by Gasteiger charge is 2.56. The molecule has 14 heavy (non-hydrogen) atoms. The molecule has 2 aliphatic rings. The highest BCUT2D eigenvalue weighted by molar-refractivity contribution is 5.27. The van der Waals surface area contributed by atoms with Crippen molar-refractivity contribution in [2.75, 3.05) is 0 Å². The van der Waals surface area contributed by atoms with Gasteiger partial charge in [0.05, 0.1) is 6.10 Å². The Hall–Kier alpha value is -0.860. The molecule has 1 aliphatic carbocycles. The molecule has 0 amide bonds. The Morgan fingerprint density at radius 3 is 2.86 bits per heavy atom. The molecule has 3 rings (SSSR count). The summed E-state index contributed by atoms with van der Waals surface area (Å²) in [6, 6.07) is 9.90. The zero-order chi connectivity index (χ0) is 9.60. The van der Waals surface area contributed by atoms with Crippen molar-refractivity contribution in [1.82, 2.24) is 0 Å². The minimum Gasteiger partial charge on any atom is -0.382 e. The predicted molar refractivity (Wildman–Crippen MR) is 52.9 cm³/mol. The summed E-state index contributed by atoms with van der Waals surface area (Å²) >= 11 is 0. The van der Waals surface area contributed by atoms with Crippen molar-refractivity contribution in [3.63, 3.8) is 0 Å². The van der Waals surface area contributed by atoms with Crippen LogP contribution >= 0.6 is 0 Å². The van der Waals surface area contributed by atoms with Gasteiger partial charge in [-0.15, -0.1) is 0 Å². The molecule has 0 spiro atoms. The summed E-state index contributed by atoms with van der Waals surface area (Å²) in [6.07, 6.45) is 3.37. The SMILES string of the molecule is OC1(c2ccccc2)CCCC2OC21. The van der Waals surface area contributed by atoms with E-state index in [2.05, 4.69) is 0 Å². The fourth-order valence-corrected chi connectivity index (χ4v) is 2.53. The van der Waals surface area contributed by atoms with E-state index in [9.17, 15) is 5.11 Å². The Morgan fingerprint density at radius 2 is 2.07 bits per heavy atom. The smallest absolute Gasteiger partial charge is 0.118 e. The number of rotatable bonds is 1. The number of epoxide rings is 1. The van der Waals surface area contributed by atoms with Crippen LogP contribution in [0.4, 0.5) is 0 Å². The second-order valence-corrected chi connectivity index (χ2v) is 4.28. The van der Waals surface area contributed by atoms with E-state index in [1.54, 1.807) is 0 Å². The minimum absolute atomic E-state index is 0.0543. The lowest BCUT2D eigenvalue weighted by Gasteiger charge is -2.29. The summed E-state index contributed by atoms with van der Waals surface area (Å²) in [4.78, 5) is 0. The van der Waals surface area contributed by atoms with Gasteiger partial charge in [0.2, 0.25) is 0 Å². The maximum absolute atomic E-state index is 10.5. The van der Waals surface area contributed by atoms with Crippen LogP contribution in [0.25, 0.3) is 0 Å². The first-order valence-corrected chi connectivity index (χ1v) is 5.24. The van der Waals surface area contributed by atoms with Crippen LogP contribution in [-0.4, -0.2) is 17.3 Å². The molecule has 2 fully saturated rings. The molecule has 1 saturated carbocycles. The molecule has 0 aromatic heterocycles. The van der Waals surface area contributed by atoms with E-state index in [0.717, 1.165) is 24.8 Å². The summed E-state index contributed by atoms with van der Waals surface area (Å²) in [5.74, 6) is 0. The van der Waals surface area contributed by atoms with Gasteiger partial charge >= 0.3 is 0 Å². The van der Waals surface area contributed by atoms with Crippen LogP contribution in [0.1, 0.15) is 24.8 Å². The van der Waals surface area contributed by atoms with Crippen LogP contribution in [0.3, 0.4) is 0 Å². The van der Waals surface area contributed by atoms with Gasteiger partial charge in [-0.1, -0.05) is 30.3 Å². The Labute approximate surface area is 83.5 Å². The predicted octanol–water partition coefficient (Wildman–Crippen LogP) is 1.83. The third kappa shape index (κ3) is 1.11. The molecule has 0 radical (unpaired) electrons. The van der Waals surface area contributed by atoms with Gasteiger partial charge in [0.25, 0.3) is 0 Å². The molecule has 1 N–H and O–H groups in total. The Kier molecular flexibility index (Phi) is 1.70. The first kappa shape index (κ1) is 8.45. The minimum atomic E-state index is -0.718. The van der Waals surface area contributed by atoms with Crippen LogP contribution in [0.5, 0.6) is 0 Å². The normalized spacial score (nSPS) is 40.4. The molecule has 3 unspecified atom stereocenters. The average molecular weight is 190 g/mol. The van der Waals surface area contributed by atoms with Gasteiger partial charge < -0.3 is 9.84 Å². The highest BCUT2D eigenvalue weighted by Crippen LogP contribution is 2.48. The van der Waals surface area contributed by atoms with Gasteiger partial charge in [-0.2, -0.15) is 0 Å². The molecular weight excluding hydrogens is 176 g/mol. The van der Waals surface area contributed by atoms with Gasteiger partial charge in [0.1, 0.15) is 11.7 Å². The fourth-order valence-electron chi connectivity index (χ4n) is 2.53. The molecule has 0 bridgehead atoms. The zero-order valence-electron chi connectivity index (χ0n) is 8.02. The Morgan fingerprint density at radius 1 is 1.29 bits per heavy atom. The summed E-state index contributed by atoms with van der Waals surface area (Å²) in [7, 11) is 0. The average Bonchev–Trinajstić information content (AvgIpc) is 3.00. The number of fused-ring (bicyclic) bond motifs is 1. The van der Waals surface area contributed by atoms with E-state index in [4.69, 9.17) is 4.74 Å². The molecule has 3 atom stereocenters. The van der Waals surface area contributed by atoms with Gasteiger partial charge in [-0.25, -0.2) is 0 Å². The van der Waals surface area contributed by atoms with E-state index in [1.807, 2.05) is 30.3 Å². The third-order valence-electron chi connectivity index (χ3n) is 3.37. The number of benzene rings is 1. The summed E-state index contributed by atoms with van der Waals surface area (Å²) in [6.45, 7) is 0. The van der Waals surface area contributed by atoms with Crippen LogP contribution in [0.2, 0.25) is 0 Å². The van der Waals surface area contributed by atoms with E-state index in [-0.39, 0.29) is 6.10 Å². The van der Waals surface area contributed by atoms with E-state index >= 15 is 0 Å². The number of aliphatic hydroxyl groups is 1. The van der Waals surface area contributed by atoms with E-state index in [0.29, 0.717) is 6.10 Å². The van der Waals surface area contributed by atoms with Crippen LogP contribution < -0.4 is 0 Å². The Bertz CT molecular complexity index is 335. The number of hydrogen-bond donors (Lipinski definition) is 1. The topological polar surface area (TPSA) is 32.8 Å². The van der Waals surface area contributed by atoms with E-state index in [1.165, 1.54) is 0 Å². The van der Waals surface area contributed by atoms with Crippen molar-refractivity contribution >= 4 is 0 Å². The molecule has 1 heterocycles. The van der Waals surface area contributed by atoms with Crippen molar-refractivity contribution in [2.45, 2.75) is 37.1 Å². The fraction of sp³-hybridized carbons (Fsp3) is 0.500. The second-order valence-electron chi connectivity index (χ2n) is 4.28. The maximum atomic E-state index is 10.5. The van der Waals surface area contributed by atoms with Crippen LogP contribution in [0.15, 0.2) is 30.3 Å². The lowest BCUT2D eigenvalue weighted by atomic mass is 9.80. The third-order valence-corrected chi connectivity index (χ3v) is 3.37. The monoisotopic (exact) mass is 190 g/mol. The van der Waals surface area contributed by atoms with Gasteiger partial charge in [-0.05, 0) is 24.8 Å².